The fourth-order valence-corrected chi connectivity index (χ4v) is 1.04. The third kappa shape index (κ3) is 2.46. The van der Waals surface area contributed by atoms with Crippen LogP contribution in [0.1, 0.15) is 0 Å². The Bertz CT molecular complexity index is 577. The summed E-state index contributed by atoms with van der Waals surface area (Å²) in [6.07, 6.45) is 2.39. The highest BCUT2D eigenvalue weighted by molar-refractivity contribution is 5.41. The maximum absolute atomic E-state index is 3.70. The summed E-state index contributed by atoms with van der Waals surface area (Å²) in [4.78, 5) is 1.15. The van der Waals surface area contributed by atoms with Crippen LogP contribution in [0.4, 0.5) is 17.8 Å². The number of hydrogen-bond acceptors (Lipinski definition) is 13. The predicted octanol–water partition coefficient (Wildman–Crippen LogP) is -2.55. The van der Waals surface area contributed by atoms with E-state index in [1.165, 1.54) is 12.7 Å². The number of tetrazole rings is 1. The molecule has 0 saturated carbocycles. The minimum atomic E-state index is 0.114. The first-order valence-corrected chi connectivity index (χ1v) is 4.75. The Labute approximate surface area is 103 Å². The Morgan fingerprint density at radius 2 is 1.42 bits per heavy atom. The van der Waals surface area contributed by atoms with Crippen LogP contribution >= 0.6 is 0 Å². The summed E-state index contributed by atoms with van der Waals surface area (Å²) < 4.78 is 0. The summed E-state index contributed by atoms with van der Waals surface area (Å²) in [6, 6.07) is 0. The lowest BCUT2D eigenvalue weighted by atomic mass is 10.9. The molecule has 2 N–H and O–H groups in total. The predicted molar refractivity (Wildman–Crippen MR) is 55.4 cm³/mol. The summed E-state index contributed by atoms with van der Waals surface area (Å²) in [5.74, 6) is 0.427. The van der Waals surface area contributed by atoms with Gasteiger partial charge in [0.05, 0.1) is 0 Å². The third-order valence-corrected chi connectivity index (χ3v) is 1.72. The maximum Gasteiger partial charge on any atom is 0.282 e. The highest BCUT2D eigenvalue weighted by Crippen LogP contribution is 2.05. The standard InChI is InChI=1S/C5H4N14/c1-6-11-3(12-7-1)10-5-15-17-18-19(5)16-4-13-8-2-9-14-4/h1-2H,(H,13,14,16)(H,10,11,12,15,18). The molecule has 0 fully saturated rings. The molecule has 0 atom stereocenters. The molecule has 3 aromatic heterocycles. The van der Waals surface area contributed by atoms with E-state index in [4.69, 9.17) is 0 Å². The second-order valence-electron chi connectivity index (χ2n) is 2.89. The summed E-state index contributed by atoms with van der Waals surface area (Å²) in [5.41, 5.74) is 2.65. The summed E-state index contributed by atoms with van der Waals surface area (Å²) in [5, 5.41) is 42.4. The second-order valence-corrected chi connectivity index (χ2v) is 2.89. The molecule has 0 radical (unpaired) electrons. The minimum Gasteiger partial charge on any atom is -0.287 e. The van der Waals surface area contributed by atoms with Crippen molar-refractivity contribution in [2.45, 2.75) is 0 Å². The van der Waals surface area contributed by atoms with Crippen molar-refractivity contribution in [3.8, 4) is 0 Å². The average Bonchev–Trinajstić information content (AvgIpc) is 2.88. The maximum atomic E-state index is 3.70. The zero-order valence-electron chi connectivity index (χ0n) is 9.02. The zero-order chi connectivity index (χ0) is 12.9. The van der Waals surface area contributed by atoms with Crippen molar-refractivity contribution >= 4 is 17.8 Å². The SMILES string of the molecule is c1nnc(Nc2nnnn2Nc2nncnn2)nn1. The lowest BCUT2D eigenvalue weighted by Crippen LogP contribution is -2.17. The van der Waals surface area contributed by atoms with Gasteiger partial charge in [0, 0.05) is 0 Å². The van der Waals surface area contributed by atoms with E-state index in [2.05, 4.69) is 67.1 Å². The molecule has 0 aromatic carbocycles. The highest BCUT2D eigenvalue weighted by atomic mass is 15.7. The van der Waals surface area contributed by atoms with Crippen molar-refractivity contribution in [1.29, 1.82) is 0 Å². The molecule has 19 heavy (non-hydrogen) atoms. The van der Waals surface area contributed by atoms with Crippen LogP contribution < -0.4 is 10.7 Å². The normalized spacial score (nSPS) is 10.1. The van der Waals surface area contributed by atoms with E-state index in [1.807, 2.05) is 0 Å². The zero-order valence-corrected chi connectivity index (χ0v) is 9.02. The van der Waals surface area contributed by atoms with Crippen LogP contribution in [0.15, 0.2) is 12.7 Å². The second kappa shape index (κ2) is 4.82. The molecule has 14 nitrogen and oxygen atoms in total. The van der Waals surface area contributed by atoms with E-state index in [-0.39, 0.29) is 17.8 Å². The minimum absolute atomic E-state index is 0.114. The van der Waals surface area contributed by atoms with Crippen LogP contribution in [0, 0.1) is 0 Å². The van der Waals surface area contributed by atoms with Crippen molar-refractivity contribution < 1.29 is 0 Å². The number of nitrogens with one attached hydrogen (secondary N) is 2. The number of nitrogens with zero attached hydrogens (tertiary/aromatic N) is 12. The average molecular weight is 260 g/mol. The van der Waals surface area contributed by atoms with Crippen LogP contribution in [0.2, 0.25) is 0 Å². The van der Waals surface area contributed by atoms with Crippen LogP contribution in [-0.2, 0) is 0 Å². The van der Waals surface area contributed by atoms with Gasteiger partial charge in [-0.05, 0) is 10.4 Å². The number of hydrogen-bond donors (Lipinski definition) is 2. The largest absolute Gasteiger partial charge is 0.287 e. The van der Waals surface area contributed by atoms with Crippen molar-refractivity contribution in [1.82, 2.24) is 61.1 Å². The van der Waals surface area contributed by atoms with Gasteiger partial charge in [-0.25, -0.2) is 5.43 Å². The molecule has 14 heteroatoms. The van der Waals surface area contributed by atoms with Gasteiger partial charge in [-0.15, -0.1) is 45.6 Å². The molecule has 0 amide bonds. The van der Waals surface area contributed by atoms with Crippen LogP contribution in [0.5, 0.6) is 0 Å². The molecule has 0 unspecified atom stereocenters. The molecule has 0 spiro atoms. The Balaban J connectivity index is 1.79. The van der Waals surface area contributed by atoms with E-state index in [1.54, 1.807) is 0 Å². The number of anilines is 3. The van der Waals surface area contributed by atoms with Gasteiger partial charge in [0.25, 0.3) is 17.8 Å². The van der Waals surface area contributed by atoms with E-state index in [0.29, 0.717) is 0 Å². The lowest BCUT2D eigenvalue weighted by Gasteiger charge is -2.04. The van der Waals surface area contributed by atoms with Gasteiger partial charge in [-0.2, -0.15) is 0 Å². The fraction of sp³-hybridized carbons (Fsp3) is 0. The Hall–Kier alpha value is -3.45. The van der Waals surface area contributed by atoms with Gasteiger partial charge in [0.2, 0.25) is 0 Å². The number of rotatable bonds is 4. The summed E-state index contributed by atoms with van der Waals surface area (Å²) in [6.45, 7) is 0. The van der Waals surface area contributed by atoms with Gasteiger partial charge in [0.1, 0.15) is 0 Å². The molecule has 0 saturated heterocycles. The Morgan fingerprint density at radius 3 is 2.11 bits per heavy atom. The quantitative estimate of drug-likeness (QED) is 0.502. The van der Waals surface area contributed by atoms with E-state index in [9.17, 15) is 0 Å². The van der Waals surface area contributed by atoms with Crippen molar-refractivity contribution in [3.05, 3.63) is 12.7 Å². The summed E-state index contributed by atoms with van der Waals surface area (Å²) >= 11 is 0. The first-order valence-electron chi connectivity index (χ1n) is 4.75. The molecular formula is C5H4N14. The van der Waals surface area contributed by atoms with Gasteiger partial charge in [0.15, 0.2) is 12.7 Å². The van der Waals surface area contributed by atoms with Crippen LogP contribution in [-0.4, -0.2) is 61.1 Å². The van der Waals surface area contributed by atoms with Gasteiger partial charge in [-0.3, -0.25) is 5.32 Å². The van der Waals surface area contributed by atoms with Crippen molar-refractivity contribution in [3.63, 3.8) is 0 Å². The van der Waals surface area contributed by atoms with E-state index < -0.39 is 0 Å². The molecule has 0 aliphatic heterocycles. The van der Waals surface area contributed by atoms with Gasteiger partial charge in [-0.1, -0.05) is 5.10 Å². The third-order valence-electron chi connectivity index (χ3n) is 1.72. The monoisotopic (exact) mass is 260 g/mol. The lowest BCUT2D eigenvalue weighted by molar-refractivity contribution is 0.714. The van der Waals surface area contributed by atoms with Crippen molar-refractivity contribution in [2.75, 3.05) is 10.7 Å². The first kappa shape index (κ1) is 10.7. The Kier molecular flexibility index (Phi) is 2.71. The molecule has 3 heterocycles. The smallest absolute Gasteiger partial charge is 0.282 e. The molecule has 0 aliphatic rings. The van der Waals surface area contributed by atoms with Crippen LogP contribution in [0.25, 0.3) is 0 Å². The van der Waals surface area contributed by atoms with Crippen LogP contribution in [0.3, 0.4) is 0 Å². The number of aromatic nitrogens is 12. The van der Waals surface area contributed by atoms with Gasteiger partial charge >= 0.3 is 0 Å². The fourth-order valence-electron chi connectivity index (χ4n) is 1.04. The first-order chi connectivity index (χ1) is 9.42. The summed E-state index contributed by atoms with van der Waals surface area (Å²) in [7, 11) is 0. The van der Waals surface area contributed by atoms with Crippen molar-refractivity contribution in [2.24, 2.45) is 0 Å². The van der Waals surface area contributed by atoms with Gasteiger partial charge < -0.3 is 0 Å². The topological polar surface area (TPSA) is 171 Å². The molecule has 0 bridgehead atoms. The van der Waals surface area contributed by atoms with E-state index >= 15 is 0 Å². The molecule has 0 aliphatic carbocycles. The molecule has 3 rings (SSSR count). The highest BCUT2D eigenvalue weighted by Gasteiger charge is 2.09. The molecule has 3 aromatic rings. The Morgan fingerprint density at radius 1 is 0.789 bits per heavy atom. The van der Waals surface area contributed by atoms with E-state index in [0.717, 1.165) is 4.79 Å². The molecule has 94 valence electrons. The molecular weight excluding hydrogens is 256 g/mol.